The van der Waals surface area contributed by atoms with Crippen molar-refractivity contribution in [3.05, 3.63) is 68.4 Å². The summed E-state index contributed by atoms with van der Waals surface area (Å²) in [5.74, 6) is -1.00. The highest BCUT2D eigenvalue weighted by molar-refractivity contribution is 7.89. The number of primary sulfonamides is 1. The van der Waals surface area contributed by atoms with Crippen molar-refractivity contribution in [2.75, 3.05) is 0 Å². The van der Waals surface area contributed by atoms with E-state index in [-0.39, 0.29) is 4.87 Å². The molecule has 0 atom stereocenters. The van der Waals surface area contributed by atoms with E-state index in [4.69, 9.17) is 5.14 Å². The van der Waals surface area contributed by atoms with E-state index in [0.29, 0.717) is 22.5 Å². The molecule has 2 aromatic carbocycles. The second-order valence-corrected chi connectivity index (χ2v) is 7.87. The standard InChI is InChI=1S/C17H12FN3O3S2/c1-10-2-4-13(6-12(10)8-19)21-15(9-25-17(21)22)11-3-5-16(14(18)7-11)26(20,23)24/h2-7,9H,1H3,(H2,20,23,24). The molecule has 0 amide bonds. The molecule has 0 unspecified atom stereocenters. The van der Waals surface area contributed by atoms with Gasteiger partial charge in [0.25, 0.3) is 0 Å². The first-order valence-electron chi connectivity index (χ1n) is 7.27. The van der Waals surface area contributed by atoms with Crippen LogP contribution in [-0.4, -0.2) is 13.0 Å². The largest absolute Gasteiger partial charge is 0.312 e. The Kier molecular flexibility index (Phi) is 4.50. The van der Waals surface area contributed by atoms with Gasteiger partial charge in [0.15, 0.2) is 0 Å². The predicted molar refractivity (Wildman–Crippen MR) is 96.1 cm³/mol. The number of nitrogens with two attached hydrogens (primary N) is 1. The maximum absolute atomic E-state index is 14.2. The second kappa shape index (κ2) is 6.49. The number of nitriles is 1. The zero-order valence-corrected chi connectivity index (χ0v) is 15.1. The van der Waals surface area contributed by atoms with E-state index in [1.54, 1.807) is 30.5 Å². The van der Waals surface area contributed by atoms with E-state index < -0.39 is 20.7 Å². The smallest absolute Gasteiger partial charge is 0.267 e. The average molecular weight is 389 g/mol. The lowest BCUT2D eigenvalue weighted by Gasteiger charge is -2.10. The minimum atomic E-state index is -4.18. The third kappa shape index (κ3) is 3.17. The molecule has 26 heavy (non-hydrogen) atoms. The summed E-state index contributed by atoms with van der Waals surface area (Å²) < 4.78 is 38.2. The van der Waals surface area contributed by atoms with Gasteiger partial charge in [-0.15, -0.1) is 0 Å². The van der Waals surface area contributed by atoms with E-state index in [9.17, 15) is 22.9 Å². The SMILES string of the molecule is Cc1ccc(-n2c(-c3ccc(S(N)(=O)=O)c(F)c3)csc2=O)cc1C#N. The van der Waals surface area contributed by atoms with Gasteiger partial charge in [-0.1, -0.05) is 23.5 Å². The fourth-order valence-electron chi connectivity index (χ4n) is 2.51. The van der Waals surface area contributed by atoms with Crippen molar-refractivity contribution in [2.24, 2.45) is 5.14 Å². The number of nitrogens with zero attached hydrogens (tertiary/aromatic N) is 2. The molecule has 6 nitrogen and oxygen atoms in total. The highest BCUT2D eigenvalue weighted by Crippen LogP contribution is 2.27. The van der Waals surface area contributed by atoms with E-state index in [2.05, 4.69) is 6.07 Å². The molecular formula is C17H12FN3O3S2. The normalized spacial score (nSPS) is 11.3. The predicted octanol–water partition coefficient (Wildman–Crippen LogP) is 2.53. The quantitative estimate of drug-likeness (QED) is 0.743. The molecule has 0 spiro atoms. The number of hydrogen-bond acceptors (Lipinski definition) is 5. The zero-order valence-electron chi connectivity index (χ0n) is 13.4. The van der Waals surface area contributed by atoms with Gasteiger partial charge >= 0.3 is 4.87 Å². The lowest BCUT2D eigenvalue weighted by molar-refractivity contribution is 0.568. The Hall–Kier alpha value is -2.80. The lowest BCUT2D eigenvalue weighted by Crippen LogP contribution is -2.14. The van der Waals surface area contributed by atoms with Crippen LogP contribution in [-0.2, 0) is 10.0 Å². The number of aromatic nitrogens is 1. The minimum Gasteiger partial charge on any atom is -0.267 e. The molecule has 3 aromatic rings. The van der Waals surface area contributed by atoms with E-state index in [0.717, 1.165) is 29.0 Å². The van der Waals surface area contributed by atoms with Crippen LogP contribution in [0.25, 0.3) is 16.9 Å². The molecule has 0 saturated heterocycles. The maximum atomic E-state index is 14.2. The number of benzene rings is 2. The van der Waals surface area contributed by atoms with Crippen LogP contribution < -0.4 is 10.0 Å². The van der Waals surface area contributed by atoms with E-state index in [1.807, 2.05) is 0 Å². The van der Waals surface area contributed by atoms with E-state index >= 15 is 0 Å². The Morgan fingerprint density at radius 3 is 2.58 bits per heavy atom. The first-order valence-corrected chi connectivity index (χ1v) is 9.69. The zero-order chi connectivity index (χ0) is 19.1. The Morgan fingerprint density at radius 2 is 1.96 bits per heavy atom. The fourth-order valence-corrected chi connectivity index (χ4v) is 3.86. The first kappa shape index (κ1) is 18.0. The lowest BCUT2D eigenvalue weighted by atomic mass is 10.1. The summed E-state index contributed by atoms with van der Waals surface area (Å²) in [4.78, 5) is 11.4. The highest BCUT2D eigenvalue weighted by atomic mass is 32.2. The molecular weight excluding hydrogens is 377 g/mol. The van der Waals surface area contributed by atoms with Gasteiger partial charge in [-0.05, 0) is 36.8 Å². The third-order valence-corrected chi connectivity index (χ3v) is 5.50. The van der Waals surface area contributed by atoms with Gasteiger partial charge in [0.2, 0.25) is 10.0 Å². The summed E-state index contributed by atoms with van der Waals surface area (Å²) in [5.41, 5.74) is 2.34. The molecule has 0 bridgehead atoms. The summed E-state index contributed by atoms with van der Waals surface area (Å²) in [6.45, 7) is 1.78. The number of hydrogen-bond donors (Lipinski definition) is 1. The third-order valence-electron chi connectivity index (χ3n) is 3.83. The number of halogens is 1. The van der Waals surface area contributed by atoms with Crippen LogP contribution >= 0.6 is 11.3 Å². The second-order valence-electron chi connectivity index (χ2n) is 5.52. The molecule has 1 aromatic heterocycles. The van der Waals surface area contributed by atoms with Crippen molar-refractivity contribution >= 4 is 21.4 Å². The van der Waals surface area contributed by atoms with Crippen LogP contribution in [0, 0.1) is 24.1 Å². The van der Waals surface area contributed by atoms with Crippen molar-refractivity contribution in [3.63, 3.8) is 0 Å². The number of thiazole rings is 1. The molecule has 9 heteroatoms. The van der Waals surface area contributed by atoms with Gasteiger partial charge in [-0.3, -0.25) is 9.36 Å². The van der Waals surface area contributed by atoms with Crippen molar-refractivity contribution in [1.29, 1.82) is 5.26 Å². The van der Waals surface area contributed by atoms with Gasteiger partial charge in [0.05, 0.1) is 23.0 Å². The minimum absolute atomic E-state index is 0.312. The van der Waals surface area contributed by atoms with Gasteiger partial charge in [-0.2, -0.15) is 5.26 Å². The Balaban J connectivity index is 2.20. The van der Waals surface area contributed by atoms with Crippen LogP contribution in [0.15, 0.2) is 51.5 Å². The first-order chi connectivity index (χ1) is 12.2. The van der Waals surface area contributed by atoms with Crippen molar-refractivity contribution in [3.8, 4) is 23.0 Å². The highest BCUT2D eigenvalue weighted by Gasteiger charge is 2.18. The molecule has 132 valence electrons. The van der Waals surface area contributed by atoms with E-state index in [1.165, 1.54) is 10.6 Å². The Morgan fingerprint density at radius 1 is 1.23 bits per heavy atom. The molecule has 0 fully saturated rings. The maximum Gasteiger partial charge on any atom is 0.312 e. The fraction of sp³-hybridized carbons (Fsp3) is 0.0588. The van der Waals surface area contributed by atoms with Gasteiger partial charge in [0.1, 0.15) is 10.7 Å². The summed E-state index contributed by atoms with van der Waals surface area (Å²) in [5, 5.41) is 15.7. The summed E-state index contributed by atoms with van der Waals surface area (Å²) in [6, 6.07) is 10.5. The van der Waals surface area contributed by atoms with Crippen LogP contribution in [0.2, 0.25) is 0 Å². The topological polar surface area (TPSA) is 106 Å². The van der Waals surface area contributed by atoms with Crippen LogP contribution in [0.1, 0.15) is 11.1 Å². The Labute approximate surface area is 152 Å². The van der Waals surface area contributed by atoms with Crippen molar-refractivity contribution in [1.82, 2.24) is 4.57 Å². The summed E-state index contributed by atoms with van der Waals surface area (Å²) >= 11 is 0.913. The molecule has 0 radical (unpaired) electrons. The van der Waals surface area contributed by atoms with Crippen molar-refractivity contribution < 1.29 is 12.8 Å². The molecule has 0 aliphatic heterocycles. The molecule has 2 N–H and O–H groups in total. The van der Waals surface area contributed by atoms with Crippen molar-refractivity contribution in [2.45, 2.75) is 11.8 Å². The number of aryl methyl sites for hydroxylation is 1. The number of sulfonamides is 1. The molecule has 0 aliphatic rings. The van der Waals surface area contributed by atoms with Gasteiger partial charge in [0, 0.05) is 10.9 Å². The Bertz CT molecular complexity index is 1220. The molecule has 0 aliphatic carbocycles. The summed E-state index contributed by atoms with van der Waals surface area (Å²) in [6.07, 6.45) is 0. The number of rotatable bonds is 3. The van der Waals surface area contributed by atoms with Gasteiger partial charge < -0.3 is 0 Å². The monoisotopic (exact) mass is 389 g/mol. The van der Waals surface area contributed by atoms with Crippen LogP contribution in [0.3, 0.4) is 0 Å². The van der Waals surface area contributed by atoms with Crippen LogP contribution in [0.4, 0.5) is 4.39 Å². The average Bonchev–Trinajstić information content (AvgIpc) is 2.96. The molecule has 0 saturated carbocycles. The molecule has 3 rings (SSSR count). The van der Waals surface area contributed by atoms with Crippen LogP contribution in [0.5, 0.6) is 0 Å². The molecule has 1 heterocycles. The summed E-state index contributed by atoms with van der Waals surface area (Å²) in [7, 11) is -4.18. The van der Waals surface area contributed by atoms with Gasteiger partial charge in [-0.25, -0.2) is 17.9 Å².